The van der Waals surface area contributed by atoms with Gasteiger partial charge < -0.3 is 0 Å². The molecule has 0 aliphatic heterocycles. The van der Waals surface area contributed by atoms with E-state index < -0.39 is 5.92 Å². The van der Waals surface area contributed by atoms with Crippen LogP contribution in [0.3, 0.4) is 0 Å². The molecule has 0 spiro atoms. The van der Waals surface area contributed by atoms with Gasteiger partial charge in [0.15, 0.2) is 0 Å². The van der Waals surface area contributed by atoms with E-state index in [4.69, 9.17) is 22.7 Å². The van der Waals surface area contributed by atoms with Gasteiger partial charge in [0.05, 0.1) is 17.7 Å². The van der Waals surface area contributed by atoms with Crippen molar-refractivity contribution in [3.8, 4) is 12.1 Å². The summed E-state index contributed by atoms with van der Waals surface area (Å²) in [6.07, 6.45) is 3.48. The minimum atomic E-state index is -0.602. The summed E-state index contributed by atoms with van der Waals surface area (Å²) in [6.45, 7) is 0. The van der Waals surface area contributed by atoms with Crippen LogP contribution in [0, 0.1) is 28.6 Å². The molecule has 0 aromatic heterocycles. The first kappa shape index (κ1) is 11.3. The molecule has 0 bridgehead atoms. The predicted molar refractivity (Wildman–Crippen MR) is 69.8 cm³/mol. The van der Waals surface area contributed by atoms with Crippen LogP contribution in [0.2, 0.25) is 0 Å². The largest absolute Gasteiger partial charge is 0.197 e. The first-order valence-electron chi connectivity index (χ1n) is 5.09. The smallest absolute Gasteiger partial charge is 0.117 e. The van der Waals surface area contributed by atoms with Gasteiger partial charge in [-0.15, -0.1) is 0 Å². The second kappa shape index (κ2) is 4.74. The van der Waals surface area contributed by atoms with Crippen molar-refractivity contribution in [3.63, 3.8) is 0 Å². The van der Waals surface area contributed by atoms with E-state index in [1.807, 2.05) is 42.5 Å². The summed E-state index contributed by atoms with van der Waals surface area (Å²) in [6, 6.07) is 13.7. The number of hydrogen-bond donors (Lipinski definition) is 0. The van der Waals surface area contributed by atoms with E-state index in [0.717, 1.165) is 11.1 Å². The number of nitrogens with zero attached hydrogens (tertiary/aromatic N) is 2. The number of hydrogen-bond acceptors (Lipinski definition) is 3. The average Bonchev–Trinajstić information content (AvgIpc) is 2.39. The van der Waals surface area contributed by atoms with Crippen LogP contribution in [0.1, 0.15) is 5.56 Å². The standard InChI is InChI=1S/C14H8N2S/c15-8-11-6-7-12(14(17)13(11)9-16)10-4-2-1-3-5-10/h1-7,13H. The van der Waals surface area contributed by atoms with Crippen molar-refractivity contribution < 1.29 is 0 Å². The van der Waals surface area contributed by atoms with Gasteiger partial charge in [0.25, 0.3) is 0 Å². The van der Waals surface area contributed by atoms with E-state index >= 15 is 0 Å². The van der Waals surface area contributed by atoms with Crippen molar-refractivity contribution in [3.05, 3.63) is 53.6 Å². The molecule has 1 atom stereocenters. The molecular weight excluding hydrogens is 228 g/mol. The molecule has 1 aliphatic carbocycles. The lowest BCUT2D eigenvalue weighted by Gasteiger charge is -2.17. The molecule has 1 aliphatic rings. The molecular formula is C14H8N2S. The number of benzene rings is 1. The molecule has 2 nitrogen and oxygen atoms in total. The van der Waals surface area contributed by atoms with E-state index in [1.165, 1.54) is 0 Å². The minimum Gasteiger partial charge on any atom is -0.197 e. The third-order valence-corrected chi connectivity index (χ3v) is 3.07. The number of allylic oxidation sites excluding steroid dienone is 4. The summed E-state index contributed by atoms with van der Waals surface area (Å²) in [7, 11) is 0. The predicted octanol–water partition coefficient (Wildman–Crippen LogP) is 3.04. The lowest BCUT2D eigenvalue weighted by molar-refractivity contribution is 1.10. The first-order chi connectivity index (χ1) is 8.27. The molecule has 1 aromatic carbocycles. The molecule has 0 saturated carbocycles. The van der Waals surface area contributed by atoms with Gasteiger partial charge in [0.1, 0.15) is 5.92 Å². The van der Waals surface area contributed by atoms with Crippen molar-refractivity contribution in [2.24, 2.45) is 5.92 Å². The van der Waals surface area contributed by atoms with Gasteiger partial charge in [-0.05, 0) is 17.2 Å². The highest BCUT2D eigenvalue weighted by molar-refractivity contribution is 7.81. The van der Waals surface area contributed by atoms with Crippen molar-refractivity contribution in [1.82, 2.24) is 0 Å². The molecule has 0 amide bonds. The molecule has 1 unspecified atom stereocenters. The molecule has 3 heteroatoms. The third kappa shape index (κ3) is 2.01. The SMILES string of the molecule is N#CC1=CC=C(c2ccccc2)C(=S)C1C#N. The Morgan fingerprint density at radius 1 is 1.06 bits per heavy atom. The van der Waals surface area contributed by atoms with Crippen LogP contribution in [-0.2, 0) is 0 Å². The van der Waals surface area contributed by atoms with E-state index in [-0.39, 0.29) is 0 Å². The van der Waals surface area contributed by atoms with E-state index in [2.05, 4.69) is 6.07 Å². The molecule has 0 saturated heterocycles. The Morgan fingerprint density at radius 3 is 2.35 bits per heavy atom. The van der Waals surface area contributed by atoms with Crippen LogP contribution in [0.15, 0.2) is 48.1 Å². The highest BCUT2D eigenvalue weighted by Gasteiger charge is 2.25. The van der Waals surface area contributed by atoms with Crippen molar-refractivity contribution in [2.45, 2.75) is 0 Å². The fourth-order valence-corrected chi connectivity index (χ4v) is 2.10. The molecule has 0 heterocycles. The Morgan fingerprint density at radius 2 is 1.76 bits per heavy atom. The lowest BCUT2D eigenvalue weighted by atomic mass is 9.85. The number of thiocarbonyl (C=S) groups is 1. The zero-order chi connectivity index (χ0) is 12.3. The Bertz CT molecular complexity index is 597. The minimum absolute atomic E-state index is 0.414. The highest BCUT2D eigenvalue weighted by Crippen LogP contribution is 2.28. The van der Waals surface area contributed by atoms with Gasteiger partial charge in [0, 0.05) is 4.86 Å². The Hall–Kier alpha value is -2.23. The maximum atomic E-state index is 9.07. The van der Waals surface area contributed by atoms with Crippen LogP contribution in [0.5, 0.6) is 0 Å². The van der Waals surface area contributed by atoms with Gasteiger partial charge in [-0.2, -0.15) is 10.5 Å². The summed E-state index contributed by atoms with van der Waals surface area (Å²) in [4.78, 5) is 0.526. The zero-order valence-corrected chi connectivity index (χ0v) is 9.74. The molecule has 0 radical (unpaired) electrons. The van der Waals surface area contributed by atoms with Gasteiger partial charge in [-0.1, -0.05) is 48.6 Å². The van der Waals surface area contributed by atoms with E-state index in [1.54, 1.807) is 6.08 Å². The quantitative estimate of drug-likeness (QED) is 0.704. The highest BCUT2D eigenvalue weighted by atomic mass is 32.1. The molecule has 0 fully saturated rings. The molecule has 0 N–H and O–H groups in total. The molecule has 80 valence electrons. The fraction of sp³-hybridized carbons (Fsp3) is 0.0714. The maximum absolute atomic E-state index is 9.07. The van der Waals surface area contributed by atoms with Gasteiger partial charge in [0.2, 0.25) is 0 Å². The Balaban J connectivity index is 2.49. The van der Waals surface area contributed by atoms with E-state index in [9.17, 15) is 0 Å². The van der Waals surface area contributed by atoms with Gasteiger partial charge in [-0.25, -0.2) is 0 Å². The average molecular weight is 236 g/mol. The Labute approximate surface area is 105 Å². The van der Waals surface area contributed by atoms with Crippen molar-refractivity contribution in [1.29, 1.82) is 10.5 Å². The van der Waals surface area contributed by atoms with Crippen LogP contribution in [-0.4, -0.2) is 4.86 Å². The molecule has 1 aromatic rings. The molecule has 2 rings (SSSR count). The normalized spacial score (nSPS) is 18.7. The maximum Gasteiger partial charge on any atom is 0.117 e. The monoisotopic (exact) mass is 236 g/mol. The van der Waals surface area contributed by atoms with E-state index in [0.29, 0.717) is 10.4 Å². The van der Waals surface area contributed by atoms with Crippen LogP contribution in [0.4, 0.5) is 0 Å². The van der Waals surface area contributed by atoms with Crippen LogP contribution < -0.4 is 0 Å². The van der Waals surface area contributed by atoms with Crippen LogP contribution in [0.25, 0.3) is 5.57 Å². The second-order valence-corrected chi connectivity index (χ2v) is 4.05. The fourth-order valence-electron chi connectivity index (χ4n) is 1.73. The van der Waals surface area contributed by atoms with Crippen LogP contribution >= 0.6 is 12.2 Å². The molecule has 17 heavy (non-hydrogen) atoms. The first-order valence-corrected chi connectivity index (χ1v) is 5.50. The lowest BCUT2D eigenvalue weighted by Crippen LogP contribution is -2.17. The zero-order valence-electron chi connectivity index (χ0n) is 8.92. The third-order valence-electron chi connectivity index (χ3n) is 2.61. The van der Waals surface area contributed by atoms with Gasteiger partial charge in [-0.3, -0.25) is 0 Å². The Kier molecular flexibility index (Phi) is 3.14. The number of nitriles is 2. The number of rotatable bonds is 1. The summed E-state index contributed by atoms with van der Waals surface area (Å²) in [5, 5.41) is 18.0. The summed E-state index contributed by atoms with van der Waals surface area (Å²) >= 11 is 5.29. The summed E-state index contributed by atoms with van der Waals surface area (Å²) in [5.41, 5.74) is 2.24. The topological polar surface area (TPSA) is 47.6 Å². The van der Waals surface area contributed by atoms with Gasteiger partial charge >= 0.3 is 0 Å². The van der Waals surface area contributed by atoms with Crippen molar-refractivity contribution >= 4 is 22.7 Å². The second-order valence-electron chi connectivity index (χ2n) is 3.61. The van der Waals surface area contributed by atoms with Crippen molar-refractivity contribution in [2.75, 3.05) is 0 Å². The summed E-state index contributed by atoms with van der Waals surface area (Å²) in [5.74, 6) is -0.602. The summed E-state index contributed by atoms with van der Waals surface area (Å²) < 4.78 is 0.